The van der Waals surface area contributed by atoms with Crippen LogP contribution >= 0.6 is 15.9 Å². The van der Waals surface area contributed by atoms with Gasteiger partial charge in [0.2, 0.25) is 6.54 Å². The maximum Gasteiger partial charge on any atom is 0.306 e. The summed E-state index contributed by atoms with van der Waals surface area (Å²) in [4.78, 5) is 21.5. The van der Waals surface area contributed by atoms with Crippen molar-refractivity contribution in [2.24, 2.45) is 0 Å². The summed E-state index contributed by atoms with van der Waals surface area (Å²) in [6.45, 7) is 1.63. The number of methoxy groups -OCH3 is 1. The van der Waals surface area contributed by atoms with Crippen LogP contribution in [0.1, 0.15) is 23.5 Å². The second-order valence-corrected chi connectivity index (χ2v) is 4.87. The average Bonchev–Trinajstić information content (AvgIpc) is 2.27. The lowest BCUT2D eigenvalue weighted by molar-refractivity contribution is -0.483. The van der Waals surface area contributed by atoms with Gasteiger partial charge in [-0.3, -0.25) is 14.9 Å². The summed E-state index contributed by atoms with van der Waals surface area (Å²) < 4.78 is 5.35. The van der Waals surface area contributed by atoms with E-state index in [9.17, 15) is 14.9 Å². The van der Waals surface area contributed by atoms with E-state index in [1.54, 1.807) is 6.07 Å². The van der Waals surface area contributed by atoms with E-state index in [0.29, 0.717) is 0 Å². The van der Waals surface area contributed by atoms with Gasteiger partial charge in [0.1, 0.15) is 0 Å². The van der Waals surface area contributed by atoms with Gasteiger partial charge in [-0.1, -0.05) is 28.1 Å². The van der Waals surface area contributed by atoms with Crippen molar-refractivity contribution in [3.63, 3.8) is 0 Å². The van der Waals surface area contributed by atoms with Crippen molar-refractivity contribution in [1.82, 2.24) is 0 Å². The van der Waals surface area contributed by atoms with Gasteiger partial charge in [-0.2, -0.15) is 0 Å². The van der Waals surface area contributed by atoms with Crippen LogP contribution in [0, 0.1) is 17.0 Å². The minimum atomic E-state index is -0.484. The molecule has 5 nitrogen and oxygen atoms in total. The predicted molar refractivity (Wildman–Crippen MR) is 70.1 cm³/mol. The lowest BCUT2D eigenvalue weighted by Gasteiger charge is -2.14. The molecule has 1 aromatic rings. The second kappa shape index (κ2) is 6.49. The van der Waals surface area contributed by atoms with Crippen LogP contribution in [0.5, 0.6) is 0 Å². The zero-order valence-corrected chi connectivity index (χ0v) is 11.8. The first-order chi connectivity index (χ1) is 8.43. The largest absolute Gasteiger partial charge is 0.469 e. The number of nitrogens with zero attached hydrogens (tertiary/aromatic N) is 1. The molecule has 0 heterocycles. The molecule has 0 N–H and O–H groups in total. The molecule has 1 unspecified atom stereocenters. The van der Waals surface area contributed by atoms with Gasteiger partial charge in [0, 0.05) is 9.40 Å². The highest BCUT2D eigenvalue weighted by atomic mass is 79.9. The summed E-state index contributed by atoms with van der Waals surface area (Å²) in [5.74, 6) is -0.934. The molecule has 0 saturated heterocycles. The van der Waals surface area contributed by atoms with Gasteiger partial charge in [0.25, 0.3) is 0 Å². The maximum absolute atomic E-state index is 11.3. The van der Waals surface area contributed by atoms with E-state index in [-0.39, 0.29) is 13.0 Å². The van der Waals surface area contributed by atoms with Gasteiger partial charge in [0.15, 0.2) is 0 Å². The number of carbonyl (C=O) groups is 1. The maximum atomic E-state index is 11.3. The fourth-order valence-electron chi connectivity index (χ4n) is 1.70. The number of ether oxygens (including phenoxy) is 1. The van der Waals surface area contributed by atoms with Crippen LogP contribution in [-0.2, 0) is 9.53 Å². The highest BCUT2D eigenvalue weighted by Crippen LogP contribution is 2.29. The van der Waals surface area contributed by atoms with Gasteiger partial charge in [0.05, 0.1) is 19.4 Å². The predicted octanol–water partition coefficient (Wildman–Crippen LogP) is 2.68. The summed E-state index contributed by atoms with van der Waals surface area (Å²) in [6.07, 6.45) is -0.000852. The fourth-order valence-corrected chi connectivity index (χ4v) is 2.52. The molecular weight excluding hydrogens is 302 g/mol. The monoisotopic (exact) mass is 315 g/mol. The van der Waals surface area contributed by atoms with Crippen LogP contribution < -0.4 is 0 Å². The molecule has 6 heteroatoms. The average molecular weight is 316 g/mol. The van der Waals surface area contributed by atoms with E-state index in [0.717, 1.165) is 15.6 Å². The molecule has 18 heavy (non-hydrogen) atoms. The van der Waals surface area contributed by atoms with Crippen molar-refractivity contribution >= 4 is 21.9 Å². The molecule has 0 amide bonds. The normalized spacial score (nSPS) is 11.9. The molecule has 0 aliphatic carbocycles. The van der Waals surface area contributed by atoms with Crippen LogP contribution in [0.3, 0.4) is 0 Å². The molecule has 0 saturated carbocycles. The molecular formula is C12H14BrNO4. The molecule has 0 aliphatic rings. The smallest absolute Gasteiger partial charge is 0.306 e. The topological polar surface area (TPSA) is 69.4 Å². The van der Waals surface area contributed by atoms with Crippen LogP contribution in [0.2, 0.25) is 0 Å². The highest BCUT2D eigenvalue weighted by Gasteiger charge is 2.23. The standard InChI is InChI=1S/C12H14BrNO4/c1-8-3-4-10(11(13)5-8)9(7-14(16)17)6-12(15)18-2/h3-5,9H,6-7H2,1-2H3. The van der Waals surface area contributed by atoms with Crippen LogP contribution in [0.4, 0.5) is 0 Å². The van der Waals surface area contributed by atoms with Gasteiger partial charge < -0.3 is 4.74 Å². The first kappa shape index (κ1) is 14.6. The SMILES string of the molecule is COC(=O)CC(C[N+](=O)[O-])c1ccc(C)cc1Br. The Morgan fingerprint density at radius 2 is 2.22 bits per heavy atom. The lowest BCUT2D eigenvalue weighted by atomic mass is 9.95. The third-order valence-corrected chi connectivity index (χ3v) is 3.29. The Morgan fingerprint density at radius 3 is 2.72 bits per heavy atom. The Labute approximate surface area is 113 Å². The molecule has 98 valence electrons. The van der Waals surface area contributed by atoms with E-state index >= 15 is 0 Å². The van der Waals surface area contributed by atoms with Crippen molar-refractivity contribution in [3.8, 4) is 0 Å². The number of rotatable bonds is 5. The molecule has 1 aromatic carbocycles. The van der Waals surface area contributed by atoms with Crippen molar-refractivity contribution in [3.05, 3.63) is 43.9 Å². The highest BCUT2D eigenvalue weighted by molar-refractivity contribution is 9.10. The van der Waals surface area contributed by atoms with Crippen molar-refractivity contribution in [1.29, 1.82) is 0 Å². The number of hydrogen-bond donors (Lipinski definition) is 0. The molecule has 0 aliphatic heterocycles. The molecule has 0 fully saturated rings. The van der Waals surface area contributed by atoms with Crippen LogP contribution in [0.25, 0.3) is 0 Å². The van der Waals surface area contributed by atoms with E-state index in [2.05, 4.69) is 20.7 Å². The van der Waals surface area contributed by atoms with Gasteiger partial charge in [-0.05, 0) is 24.1 Å². The Hall–Kier alpha value is -1.43. The number of carbonyl (C=O) groups excluding carboxylic acids is 1. The van der Waals surface area contributed by atoms with E-state index in [4.69, 9.17) is 0 Å². The second-order valence-electron chi connectivity index (χ2n) is 4.02. The summed E-state index contributed by atoms with van der Waals surface area (Å²) in [5.41, 5.74) is 1.80. The first-order valence-corrected chi connectivity index (χ1v) is 6.18. The van der Waals surface area contributed by atoms with Crippen LogP contribution in [0.15, 0.2) is 22.7 Å². The third kappa shape index (κ3) is 4.10. The molecule has 0 aromatic heterocycles. The number of esters is 1. The van der Waals surface area contributed by atoms with Crippen molar-refractivity contribution in [2.45, 2.75) is 19.3 Å². The molecule has 0 radical (unpaired) electrons. The van der Waals surface area contributed by atoms with Gasteiger partial charge >= 0.3 is 5.97 Å². The summed E-state index contributed by atoms with van der Waals surface area (Å²) in [5, 5.41) is 10.7. The van der Waals surface area contributed by atoms with Crippen molar-refractivity contribution in [2.75, 3.05) is 13.7 Å². The number of benzene rings is 1. The van der Waals surface area contributed by atoms with Crippen LogP contribution in [-0.4, -0.2) is 24.5 Å². The number of aryl methyl sites for hydroxylation is 1. The lowest BCUT2D eigenvalue weighted by Crippen LogP contribution is -2.17. The summed E-state index contributed by atoms with van der Waals surface area (Å²) >= 11 is 3.37. The third-order valence-electron chi connectivity index (χ3n) is 2.61. The molecule has 0 bridgehead atoms. The molecule has 0 spiro atoms. The van der Waals surface area contributed by atoms with Gasteiger partial charge in [-0.15, -0.1) is 0 Å². The fraction of sp³-hybridized carbons (Fsp3) is 0.417. The van der Waals surface area contributed by atoms with Gasteiger partial charge in [-0.25, -0.2) is 0 Å². The minimum absolute atomic E-state index is 0.000852. The first-order valence-electron chi connectivity index (χ1n) is 5.38. The number of nitro groups is 1. The Balaban J connectivity index is 3.00. The minimum Gasteiger partial charge on any atom is -0.469 e. The van der Waals surface area contributed by atoms with E-state index in [1.165, 1.54) is 7.11 Å². The number of halogens is 1. The molecule has 1 rings (SSSR count). The molecule has 1 atom stereocenters. The Bertz CT molecular complexity index is 461. The quantitative estimate of drug-likeness (QED) is 0.476. The summed E-state index contributed by atoms with van der Waals surface area (Å²) in [6, 6.07) is 5.54. The van der Waals surface area contributed by atoms with E-state index in [1.807, 2.05) is 19.1 Å². The zero-order chi connectivity index (χ0) is 13.7. The Morgan fingerprint density at radius 1 is 1.56 bits per heavy atom. The number of hydrogen-bond acceptors (Lipinski definition) is 4. The van der Waals surface area contributed by atoms with Crippen molar-refractivity contribution < 1.29 is 14.5 Å². The Kier molecular flexibility index (Phi) is 5.27. The summed E-state index contributed by atoms with van der Waals surface area (Å²) in [7, 11) is 1.27. The van der Waals surface area contributed by atoms with E-state index < -0.39 is 16.8 Å². The zero-order valence-electron chi connectivity index (χ0n) is 10.2.